The Bertz CT molecular complexity index is 385. The molecule has 0 saturated carbocycles. The summed E-state index contributed by atoms with van der Waals surface area (Å²) >= 11 is 0. The zero-order valence-electron chi connectivity index (χ0n) is 10.3. The Labute approximate surface area is 98.5 Å². The fourth-order valence-corrected chi connectivity index (χ4v) is 3.88. The van der Waals surface area contributed by atoms with Gasteiger partial charge in [-0.3, -0.25) is 0 Å². The van der Waals surface area contributed by atoms with Crippen LogP contribution >= 0.6 is 0 Å². The lowest BCUT2D eigenvalue weighted by atomic mass is 9.80. The average Bonchev–Trinajstić information content (AvgIpc) is 2.62. The molecule has 16 heavy (non-hydrogen) atoms. The van der Waals surface area contributed by atoms with Gasteiger partial charge in [0.25, 0.3) is 0 Å². The minimum Gasteiger partial charge on any atom is -0.306 e. The number of benzene rings is 1. The van der Waals surface area contributed by atoms with Gasteiger partial charge in [-0.2, -0.15) is 0 Å². The summed E-state index contributed by atoms with van der Waals surface area (Å²) < 4.78 is 0. The smallest absolute Gasteiger partial charge is 0.00502 e. The number of piperidine rings is 1. The Kier molecular flexibility index (Phi) is 2.51. The molecular formula is C15H21N. The molecular weight excluding hydrogens is 194 g/mol. The largest absolute Gasteiger partial charge is 0.306 e. The van der Waals surface area contributed by atoms with Crippen molar-refractivity contribution in [3.63, 3.8) is 0 Å². The van der Waals surface area contributed by atoms with E-state index in [2.05, 4.69) is 43.1 Å². The normalized spacial score (nSPS) is 33.5. The molecule has 0 amide bonds. The molecule has 0 radical (unpaired) electrons. The number of likely N-dealkylation sites (tertiary alicyclic amines) is 1. The number of rotatable bonds is 1. The summed E-state index contributed by atoms with van der Waals surface area (Å²) in [6.07, 6.45) is 2.69. The van der Waals surface area contributed by atoms with Crippen molar-refractivity contribution in [1.82, 2.24) is 4.90 Å². The lowest BCUT2D eigenvalue weighted by Crippen LogP contribution is -2.35. The first kappa shape index (κ1) is 10.3. The molecule has 86 valence electrons. The summed E-state index contributed by atoms with van der Waals surface area (Å²) in [6.45, 7) is 4.89. The van der Waals surface area contributed by atoms with Gasteiger partial charge >= 0.3 is 0 Å². The van der Waals surface area contributed by atoms with Crippen LogP contribution in [0.25, 0.3) is 0 Å². The van der Waals surface area contributed by atoms with Gasteiger partial charge in [-0.05, 0) is 49.4 Å². The number of nitrogens with zero attached hydrogens (tertiary/aromatic N) is 1. The molecule has 1 fully saturated rings. The van der Waals surface area contributed by atoms with Crippen LogP contribution < -0.4 is 0 Å². The molecule has 1 heteroatoms. The van der Waals surface area contributed by atoms with Gasteiger partial charge in [-0.25, -0.2) is 0 Å². The van der Waals surface area contributed by atoms with E-state index in [-0.39, 0.29) is 0 Å². The fraction of sp³-hybridized carbons (Fsp3) is 0.600. The van der Waals surface area contributed by atoms with Crippen molar-refractivity contribution in [2.75, 3.05) is 20.1 Å². The van der Waals surface area contributed by atoms with Crippen LogP contribution in [-0.4, -0.2) is 25.0 Å². The highest BCUT2D eigenvalue weighted by atomic mass is 15.1. The number of hydrogen-bond acceptors (Lipinski definition) is 1. The minimum atomic E-state index is 0.805. The maximum Gasteiger partial charge on any atom is 0.00502 e. The molecule has 2 aliphatic rings. The molecule has 0 N–H and O–H groups in total. The molecule has 1 aliphatic carbocycles. The second-order valence-corrected chi connectivity index (χ2v) is 5.46. The molecule has 3 unspecified atom stereocenters. The second kappa shape index (κ2) is 3.89. The first-order valence-corrected chi connectivity index (χ1v) is 6.58. The summed E-state index contributed by atoms with van der Waals surface area (Å²) in [7, 11) is 2.26. The Morgan fingerprint density at radius 1 is 1.25 bits per heavy atom. The molecule has 0 bridgehead atoms. The second-order valence-electron chi connectivity index (χ2n) is 5.46. The van der Waals surface area contributed by atoms with E-state index in [1.807, 2.05) is 0 Å². The molecule has 1 aromatic rings. The van der Waals surface area contributed by atoms with Crippen molar-refractivity contribution in [1.29, 1.82) is 0 Å². The van der Waals surface area contributed by atoms with E-state index >= 15 is 0 Å². The summed E-state index contributed by atoms with van der Waals surface area (Å²) in [6, 6.07) is 9.15. The van der Waals surface area contributed by atoms with Gasteiger partial charge in [0.1, 0.15) is 0 Å². The predicted octanol–water partition coefficient (Wildman–Crippen LogP) is 3.23. The van der Waals surface area contributed by atoms with Gasteiger partial charge in [0.05, 0.1) is 0 Å². The SMILES string of the molecule is CCC1c2ccccc2C2CN(C)CCC12. The van der Waals surface area contributed by atoms with Crippen LogP contribution in [0, 0.1) is 5.92 Å². The summed E-state index contributed by atoms with van der Waals surface area (Å²) in [5.74, 6) is 2.55. The van der Waals surface area contributed by atoms with Crippen LogP contribution in [0.3, 0.4) is 0 Å². The molecule has 0 aromatic heterocycles. The lowest BCUT2D eigenvalue weighted by Gasteiger charge is -2.35. The molecule has 1 aromatic carbocycles. The average molecular weight is 215 g/mol. The molecule has 3 atom stereocenters. The third-order valence-corrected chi connectivity index (χ3v) is 4.62. The van der Waals surface area contributed by atoms with Crippen LogP contribution in [0.2, 0.25) is 0 Å². The lowest BCUT2D eigenvalue weighted by molar-refractivity contribution is 0.182. The quantitative estimate of drug-likeness (QED) is 0.695. The van der Waals surface area contributed by atoms with E-state index in [1.165, 1.54) is 25.9 Å². The van der Waals surface area contributed by atoms with E-state index < -0.39 is 0 Å². The molecule has 3 rings (SSSR count). The van der Waals surface area contributed by atoms with Crippen LogP contribution in [-0.2, 0) is 0 Å². The molecule has 1 nitrogen and oxygen atoms in total. The Morgan fingerprint density at radius 2 is 2.00 bits per heavy atom. The minimum absolute atomic E-state index is 0.805. The third-order valence-electron chi connectivity index (χ3n) is 4.62. The van der Waals surface area contributed by atoms with Gasteiger partial charge in [-0.15, -0.1) is 0 Å². The highest BCUT2D eigenvalue weighted by molar-refractivity contribution is 5.40. The number of fused-ring (bicyclic) bond motifs is 3. The molecule has 0 spiro atoms. The van der Waals surface area contributed by atoms with Gasteiger partial charge in [-0.1, -0.05) is 31.2 Å². The highest BCUT2D eigenvalue weighted by Gasteiger charge is 2.41. The van der Waals surface area contributed by atoms with Gasteiger partial charge in [0, 0.05) is 12.5 Å². The monoisotopic (exact) mass is 215 g/mol. The van der Waals surface area contributed by atoms with E-state index in [1.54, 1.807) is 11.1 Å². The van der Waals surface area contributed by atoms with Crippen LogP contribution in [0.4, 0.5) is 0 Å². The maximum atomic E-state index is 2.50. The van der Waals surface area contributed by atoms with Gasteiger partial charge in [0.2, 0.25) is 0 Å². The zero-order chi connectivity index (χ0) is 11.1. The van der Waals surface area contributed by atoms with E-state index in [9.17, 15) is 0 Å². The van der Waals surface area contributed by atoms with Crippen molar-refractivity contribution in [2.24, 2.45) is 5.92 Å². The number of hydrogen-bond donors (Lipinski definition) is 0. The van der Waals surface area contributed by atoms with Crippen molar-refractivity contribution < 1.29 is 0 Å². The molecule has 1 aliphatic heterocycles. The Balaban J connectivity index is 2.02. The third kappa shape index (κ3) is 1.41. The topological polar surface area (TPSA) is 3.24 Å². The van der Waals surface area contributed by atoms with Crippen molar-refractivity contribution in [3.8, 4) is 0 Å². The summed E-state index contributed by atoms with van der Waals surface area (Å²) in [5, 5.41) is 0. The first-order valence-electron chi connectivity index (χ1n) is 6.58. The van der Waals surface area contributed by atoms with Crippen molar-refractivity contribution in [3.05, 3.63) is 35.4 Å². The van der Waals surface area contributed by atoms with Crippen LogP contribution in [0.5, 0.6) is 0 Å². The summed E-state index contributed by atoms with van der Waals surface area (Å²) in [4.78, 5) is 2.50. The van der Waals surface area contributed by atoms with Gasteiger partial charge in [0.15, 0.2) is 0 Å². The maximum absolute atomic E-state index is 2.50. The number of likely N-dealkylation sites (N-methyl/N-ethyl adjacent to an activating group) is 1. The van der Waals surface area contributed by atoms with E-state index in [4.69, 9.17) is 0 Å². The van der Waals surface area contributed by atoms with E-state index in [0.29, 0.717) is 0 Å². The molecule has 1 heterocycles. The predicted molar refractivity (Wildman–Crippen MR) is 67.8 cm³/mol. The van der Waals surface area contributed by atoms with Crippen LogP contribution in [0.15, 0.2) is 24.3 Å². The fourth-order valence-electron chi connectivity index (χ4n) is 3.88. The Morgan fingerprint density at radius 3 is 2.75 bits per heavy atom. The van der Waals surface area contributed by atoms with Crippen molar-refractivity contribution >= 4 is 0 Å². The zero-order valence-corrected chi connectivity index (χ0v) is 10.3. The van der Waals surface area contributed by atoms with Crippen LogP contribution in [0.1, 0.15) is 42.7 Å². The Hall–Kier alpha value is -0.820. The van der Waals surface area contributed by atoms with Crippen molar-refractivity contribution in [2.45, 2.75) is 31.6 Å². The van der Waals surface area contributed by atoms with E-state index in [0.717, 1.165) is 17.8 Å². The van der Waals surface area contributed by atoms with Gasteiger partial charge < -0.3 is 4.90 Å². The summed E-state index contributed by atoms with van der Waals surface area (Å²) in [5.41, 5.74) is 3.29. The standard InChI is InChI=1S/C15H21N/c1-3-11-12-6-4-5-7-13(12)15-10-16(2)9-8-14(11)15/h4-7,11,14-15H,3,8-10H2,1-2H3. The first-order chi connectivity index (χ1) is 7.81. The highest BCUT2D eigenvalue weighted by Crippen LogP contribution is 2.51. The molecule has 1 saturated heterocycles.